The molecular weight excluding hydrogens is 840 g/mol. The van der Waals surface area contributed by atoms with Crippen LogP contribution in [0, 0.1) is 25.7 Å². The predicted molar refractivity (Wildman–Crippen MR) is 257 cm³/mol. The molecule has 0 bridgehead atoms. The lowest BCUT2D eigenvalue weighted by Crippen LogP contribution is -2.24. The Kier molecular flexibility index (Phi) is 9.32. The third kappa shape index (κ3) is 6.32. The molecule has 0 amide bonds. The minimum atomic E-state index is 0.277. The van der Waals surface area contributed by atoms with Crippen molar-refractivity contribution in [2.75, 3.05) is 0 Å². The van der Waals surface area contributed by atoms with Crippen molar-refractivity contribution in [2.24, 2.45) is 11.8 Å². The average Bonchev–Trinajstić information content (AvgIpc) is 3.85. The number of aryl methyl sites for hydroxylation is 3. The molecule has 5 unspecified atom stereocenters. The van der Waals surface area contributed by atoms with E-state index < -0.39 is 0 Å². The fourth-order valence-electron chi connectivity index (χ4n) is 11.0. The van der Waals surface area contributed by atoms with Crippen molar-refractivity contribution >= 4 is 34.0 Å². The van der Waals surface area contributed by atoms with E-state index in [-0.39, 0.29) is 11.8 Å². The van der Waals surface area contributed by atoms with Gasteiger partial charge in [-0.05, 0) is 142 Å². The van der Waals surface area contributed by atoms with Crippen LogP contribution >= 0.6 is 22.9 Å². The summed E-state index contributed by atoms with van der Waals surface area (Å²) in [6.45, 7) is 9.18. The van der Waals surface area contributed by atoms with E-state index in [0.29, 0.717) is 17.8 Å². The minimum absolute atomic E-state index is 0.277. The summed E-state index contributed by atoms with van der Waals surface area (Å²) in [7, 11) is 0. The second-order valence-electron chi connectivity index (χ2n) is 18.0. The molecule has 0 saturated carbocycles. The summed E-state index contributed by atoms with van der Waals surface area (Å²) in [5.41, 5.74) is 30.7. The summed E-state index contributed by atoms with van der Waals surface area (Å²) in [4.78, 5) is 5.03. The van der Waals surface area contributed by atoms with Crippen LogP contribution in [0.25, 0.3) is 33.4 Å². The van der Waals surface area contributed by atoms with Crippen molar-refractivity contribution in [3.8, 4) is 22.3 Å². The van der Waals surface area contributed by atoms with E-state index in [2.05, 4.69) is 193 Å². The highest BCUT2D eigenvalue weighted by atomic mass is 127. The van der Waals surface area contributed by atoms with E-state index in [0.717, 1.165) is 31.4 Å². The van der Waals surface area contributed by atoms with Crippen molar-refractivity contribution < 1.29 is 0 Å². The van der Waals surface area contributed by atoms with E-state index in [1.165, 1.54) is 100 Å². The van der Waals surface area contributed by atoms with Gasteiger partial charge in [0, 0.05) is 35.1 Å². The second-order valence-corrected chi connectivity index (χ2v) is 18.5. The molecule has 5 aromatic carbocycles. The SMILES string of the molecule is Cc1ccc(C2Cc3ccc(-c4ccc(CCC5c6ccc(C7CC8=C=C(NI)C=C8c8cc(C)ccc87)cc6-c6cccnc65)cc4)cc3C3=C2C(C)C(C)C=C3)cc1. The Morgan fingerprint density at radius 2 is 1.50 bits per heavy atom. The molecule has 0 spiro atoms. The lowest BCUT2D eigenvalue weighted by Gasteiger charge is -2.38. The van der Waals surface area contributed by atoms with Gasteiger partial charge in [0.25, 0.3) is 0 Å². The van der Waals surface area contributed by atoms with E-state index in [9.17, 15) is 0 Å². The van der Waals surface area contributed by atoms with Crippen LogP contribution in [0.15, 0.2) is 162 Å². The number of pyridine rings is 1. The number of aromatic nitrogens is 1. The van der Waals surface area contributed by atoms with E-state index >= 15 is 0 Å². The van der Waals surface area contributed by atoms with Gasteiger partial charge >= 0.3 is 0 Å². The molecule has 0 saturated heterocycles. The van der Waals surface area contributed by atoms with E-state index in [1.54, 1.807) is 5.57 Å². The number of allylic oxidation sites excluding steroid dienone is 6. The number of nitrogens with one attached hydrogen (secondary N) is 1. The number of hydrogen-bond acceptors (Lipinski definition) is 2. The van der Waals surface area contributed by atoms with Crippen LogP contribution in [0.2, 0.25) is 0 Å². The molecule has 0 aliphatic heterocycles. The predicted octanol–water partition coefficient (Wildman–Crippen LogP) is 14.3. The third-order valence-corrected chi connectivity index (χ3v) is 15.0. The maximum absolute atomic E-state index is 5.03. The zero-order valence-electron chi connectivity index (χ0n) is 34.8. The van der Waals surface area contributed by atoms with Crippen LogP contribution in [-0.2, 0) is 12.8 Å². The fourth-order valence-corrected chi connectivity index (χ4v) is 11.3. The van der Waals surface area contributed by atoms with Crippen molar-refractivity contribution in [2.45, 2.75) is 71.1 Å². The monoisotopic (exact) mass is 888 g/mol. The Morgan fingerprint density at radius 1 is 0.717 bits per heavy atom. The van der Waals surface area contributed by atoms with Crippen LogP contribution in [0.5, 0.6) is 0 Å². The Labute approximate surface area is 369 Å². The molecule has 3 heteroatoms. The molecule has 1 aromatic heterocycles. The molecular formula is C57H49IN2. The molecule has 5 atom stereocenters. The van der Waals surface area contributed by atoms with Crippen LogP contribution in [0.1, 0.15) is 106 Å². The molecule has 11 rings (SSSR count). The Balaban J connectivity index is 0.854. The number of rotatable bonds is 7. The molecule has 60 heavy (non-hydrogen) atoms. The first-order valence-corrected chi connectivity index (χ1v) is 22.9. The maximum Gasteiger partial charge on any atom is 0.0870 e. The number of halogens is 1. The third-order valence-electron chi connectivity index (χ3n) is 14.4. The summed E-state index contributed by atoms with van der Waals surface area (Å²) < 4.78 is 3.30. The average molecular weight is 889 g/mol. The molecule has 0 fully saturated rings. The first-order valence-electron chi connectivity index (χ1n) is 21.8. The zero-order valence-corrected chi connectivity index (χ0v) is 37.0. The van der Waals surface area contributed by atoms with Gasteiger partial charge in [0.1, 0.15) is 0 Å². The maximum atomic E-state index is 5.03. The number of hydrogen-bond donors (Lipinski definition) is 1. The van der Waals surface area contributed by atoms with Crippen LogP contribution in [0.3, 0.4) is 0 Å². The smallest absolute Gasteiger partial charge is 0.0870 e. The summed E-state index contributed by atoms with van der Waals surface area (Å²) in [5.74, 6) is 2.04. The van der Waals surface area contributed by atoms with Gasteiger partial charge in [0.2, 0.25) is 0 Å². The van der Waals surface area contributed by atoms with Gasteiger partial charge in [-0.25, -0.2) is 0 Å². The first kappa shape index (κ1) is 37.5. The fraction of sp³-hybridized carbons (Fsp3) is 0.228. The highest BCUT2D eigenvalue weighted by molar-refractivity contribution is 14.1. The number of fused-ring (bicyclic) bond motifs is 8. The molecule has 1 N–H and O–H groups in total. The molecule has 1 heterocycles. The largest absolute Gasteiger partial charge is 0.322 e. The molecule has 2 nitrogen and oxygen atoms in total. The molecule has 5 aliphatic carbocycles. The number of benzene rings is 5. The highest BCUT2D eigenvalue weighted by Crippen LogP contribution is 2.52. The zero-order chi connectivity index (χ0) is 40.6. The van der Waals surface area contributed by atoms with Gasteiger partial charge in [-0.2, -0.15) is 0 Å². The quantitative estimate of drug-likeness (QED) is 0.0981. The minimum Gasteiger partial charge on any atom is -0.322 e. The van der Waals surface area contributed by atoms with Gasteiger partial charge in [0.15, 0.2) is 0 Å². The summed E-state index contributed by atoms with van der Waals surface area (Å²) in [5, 5.41) is 0. The topological polar surface area (TPSA) is 24.9 Å². The standard InChI is InChI=1S/C57H49IN2/c1-33-7-14-39(15-8-33)53-29-41-19-18-40(28-51(41)47-22-10-35(3)36(4)56(47)53)38-16-11-37(12-17-38)13-23-49-45-24-20-42(30-55(45)48-6-5-25-59-57(48)49)50-31-43-27-44(60-58)32-52(43)54-26-34(2)9-21-46(50)54/h5-12,14-22,24-26,28,30,32,35-36,49-50,53,60H,13,23,29,31H2,1-4H3. The summed E-state index contributed by atoms with van der Waals surface area (Å²) >= 11 is 2.22. The van der Waals surface area contributed by atoms with Gasteiger partial charge in [-0.15, -0.1) is 0 Å². The molecule has 0 radical (unpaired) electrons. The molecule has 5 aliphatic rings. The van der Waals surface area contributed by atoms with Crippen molar-refractivity contribution in [3.05, 3.63) is 224 Å². The Morgan fingerprint density at radius 3 is 2.33 bits per heavy atom. The van der Waals surface area contributed by atoms with Crippen molar-refractivity contribution in [1.29, 1.82) is 0 Å². The lowest BCUT2D eigenvalue weighted by molar-refractivity contribution is 0.486. The van der Waals surface area contributed by atoms with Crippen LogP contribution in [0.4, 0.5) is 0 Å². The number of nitrogens with zero attached hydrogens (tertiary/aromatic N) is 1. The van der Waals surface area contributed by atoms with Crippen molar-refractivity contribution in [1.82, 2.24) is 8.51 Å². The van der Waals surface area contributed by atoms with Crippen molar-refractivity contribution in [3.63, 3.8) is 0 Å². The van der Waals surface area contributed by atoms with Crippen LogP contribution < -0.4 is 3.53 Å². The molecule has 6 aromatic rings. The Bertz CT molecular complexity index is 2900. The Hall–Kier alpha value is -5.48. The molecule has 294 valence electrons. The summed E-state index contributed by atoms with van der Waals surface area (Å²) in [6.07, 6.45) is 13.1. The van der Waals surface area contributed by atoms with E-state index in [1.807, 2.05) is 6.20 Å². The second kappa shape index (κ2) is 14.9. The van der Waals surface area contributed by atoms with Gasteiger partial charge in [0.05, 0.1) is 34.3 Å². The highest BCUT2D eigenvalue weighted by Gasteiger charge is 2.36. The van der Waals surface area contributed by atoms with Gasteiger partial charge < -0.3 is 3.53 Å². The summed E-state index contributed by atoms with van der Waals surface area (Å²) in [6, 6.07) is 44.5. The van der Waals surface area contributed by atoms with Gasteiger partial charge in [-0.1, -0.05) is 152 Å². The lowest BCUT2D eigenvalue weighted by atomic mass is 9.66. The van der Waals surface area contributed by atoms with Crippen LogP contribution in [-0.4, -0.2) is 4.98 Å². The normalized spacial score (nSPS) is 21.8. The first-order chi connectivity index (χ1) is 29.3. The van der Waals surface area contributed by atoms with Gasteiger partial charge in [-0.3, -0.25) is 4.98 Å². The van der Waals surface area contributed by atoms with E-state index in [4.69, 9.17) is 4.98 Å².